The third-order valence-corrected chi connectivity index (χ3v) is 6.36. The number of amides is 1. The summed E-state index contributed by atoms with van der Waals surface area (Å²) in [6, 6.07) is 3.97. The van der Waals surface area contributed by atoms with Crippen molar-refractivity contribution in [2.45, 2.75) is 27.2 Å². The molecule has 0 aliphatic carbocycles. The minimum atomic E-state index is -3.18. The lowest BCUT2D eigenvalue weighted by Crippen LogP contribution is -2.51. The summed E-state index contributed by atoms with van der Waals surface area (Å²) in [4.78, 5) is 14.3. The lowest BCUT2D eigenvalue weighted by Gasteiger charge is -2.34. The minimum absolute atomic E-state index is 0.00815. The van der Waals surface area contributed by atoms with Crippen molar-refractivity contribution < 1.29 is 17.9 Å². The second-order valence-corrected chi connectivity index (χ2v) is 8.38. The van der Waals surface area contributed by atoms with Crippen molar-refractivity contribution in [3.8, 4) is 5.75 Å². The third kappa shape index (κ3) is 4.08. The van der Waals surface area contributed by atoms with Crippen LogP contribution in [0, 0.1) is 13.8 Å². The Morgan fingerprint density at radius 3 is 2.33 bits per heavy atom. The van der Waals surface area contributed by atoms with Crippen LogP contribution in [0.25, 0.3) is 0 Å². The van der Waals surface area contributed by atoms with Gasteiger partial charge in [0.15, 0.2) is 0 Å². The van der Waals surface area contributed by atoms with Crippen LogP contribution in [0.2, 0.25) is 0 Å². The van der Waals surface area contributed by atoms with E-state index in [-0.39, 0.29) is 18.1 Å². The zero-order valence-electron chi connectivity index (χ0n) is 14.8. The average molecular weight is 354 g/mol. The first kappa shape index (κ1) is 18.7. The van der Waals surface area contributed by atoms with Crippen LogP contribution >= 0.6 is 0 Å². The molecule has 1 saturated heterocycles. The Labute approximate surface area is 144 Å². The predicted molar refractivity (Wildman–Crippen MR) is 93.8 cm³/mol. The Morgan fingerprint density at radius 2 is 1.79 bits per heavy atom. The van der Waals surface area contributed by atoms with E-state index in [1.54, 1.807) is 18.9 Å². The number of benzene rings is 1. The Balaban J connectivity index is 2.05. The number of ether oxygens (including phenoxy) is 1. The lowest BCUT2D eigenvalue weighted by atomic mass is 10.0. The summed E-state index contributed by atoms with van der Waals surface area (Å²) in [5, 5.41) is 0. The van der Waals surface area contributed by atoms with E-state index in [1.807, 2.05) is 26.0 Å². The van der Waals surface area contributed by atoms with Crippen LogP contribution in [0.15, 0.2) is 12.1 Å². The number of carbonyl (C=O) groups is 1. The summed E-state index contributed by atoms with van der Waals surface area (Å²) < 4.78 is 30.7. The van der Waals surface area contributed by atoms with Crippen LogP contribution < -0.4 is 4.74 Å². The number of sulfonamides is 1. The molecule has 2 rings (SSSR count). The first-order valence-electron chi connectivity index (χ1n) is 8.18. The molecule has 6 nitrogen and oxygen atoms in total. The van der Waals surface area contributed by atoms with Gasteiger partial charge >= 0.3 is 0 Å². The zero-order valence-corrected chi connectivity index (χ0v) is 15.6. The van der Waals surface area contributed by atoms with E-state index in [0.717, 1.165) is 22.4 Å². The topological polar surface area (TPSA) is 66.9 Å². The van der Waals surface area contributed by atoms with Crippen LogP contribution in [-0.2, 0) is 21.2 Å². The fourth-order valence-electron chi connectivity index (χ4n) is 3.03. The normalized spacial score (nSPS) is 16.2. The average Bonchev–Trinajstić information content (AvgIpc) is 2.56. The zero-order chi connectivity index (χ0) is 17.9. The molecule has 1 amide bonds. The number of carbonyl (C=O) groups excluding carboxylic acids is 1. The Morgan fingerprint density at radius 1 is 1.17 bits per heavy atom. The number of methoxy groups -OCH3 is 1. The first-order valence-corrected chi connectivity index (χ1v) is 9.79. The summed E-state index contributed by atoms with van der Waals surface area (Å²) in [5.74, 6) is 0.836. The number of nitrogens with zero attached hydrogens (tertiary/aromatic N) is 2. The summed E-state index contributed by atoms with van der Waals surface area (Å²) in [5.41, 5.74) is 3.03. The van der Waals surface area contributed by atoms with Gasteiger partial charge in [0, 0.05) is 31.7 Å². The van der Waals surface area contributed by atoms with Crippen LogP contribution in [0.1, 0.15) is 23.6 Å². The molecule has 0 radical (unpaired) electrons. The maximum atomic E-state index is 12.6. The van der Waals surface area contributed by atoms with Crippen LogP contribution in [0.5, 0.6) is 5.75 Å². The molecule has 1 aromatic carbocycles. The largest absolute Gasteiger partial charge is 0.496 e. The molecule has 1 fully saturated rings. The molecular weight excluding hydrogens is 328 g/mol. The molecule has 1 heterocycles. The molecule has 0 aromatic heterocycles. The minimum Gasteiger partial charge on any atom is -0.496 e. The SMILES string of the molecule is CCS(=O)(=O)N1CCN(C(=O)Cc2c(C)cc(C)cc2OC)CC1. The summed E-state index contributed by atoms with van der Waals surface area (Å²) >= 11 is 0. The van der Waals surface area contributed by atoms with E-state index in [0.29, 0.717) is 26.2 Å². The van der Waals surface area contributed by atoms with Gasteiger partial charge in [0.1, 0.15) is 5.75 Å². The molecule has 0 unspecified atom stereocenters. The van der Waals surface area contributed by atoms with E-state index >= 15 is 0 Å². The quantitative estimate of drug-likeness (QED) is 0.800. The number of rotatable bonds is 5. The Kier molecular flexibility index (Phi) is 5.87. The lowest BCUT2D eigenvalue weighted by molar-refractivity contribution is -0.131. The van der Waals surface area contributed by atoms with Crippen LogP contribution in [-0.4, -0.2) is 62.6 Å². The molecule has 0 saturated carbocycles. The van der Waals surface area contributed by atoms with Crippen LogP contribution in [0.4, 0.5) is 0 Å². The van der Waals surface area contributed by atoms with Gasteiger partial charge in [0.25, 0.3) is 0 Å². The highest BCUT2D eigenvalue weighted by atomic mass is 32.2. The molecule has 1 aliphatic rings. The van der Waals surface area contributed by atoms with Gasteiger partial charge in [0.05, 0.1) is 19.3 Å². The van der Waals surface area contributed by atoms with E-state index < -0.39 is 10.0 Å². The Bertz CT molecular complexity index is 708. The highest BCUT2D eigenvalue weighted by molar-refractivity contribution is 7.89. The van der Waals surface area contributed by atoms with Crippen molar-refractivity contribution in [3.63, 3.8) is 0 Å². The third-order valence-electron chi connectivity index (χ3n) is 4.47. The first-order chi connectivity index (χ1) is 11.3. The van der Waals surface area contributed by atoms with Crippen molar-refractivity contribution in [2.24, 2.45) is 0 Å². The van der Waals surface area contributed by atoms with Gasteiger partial charge < -0.3 is 9.64 Å². The second-order valence-electron chi connectivity index (χ2n) is 6.12. The van der Waals surface area contributed by atoms with Crippen molar-refractivity contribution in [1.29, 1.82) is 0 Å². The van der Waals surface area contributed by atoms with Crippen molar-refractivity contribution in [3.05, 3.63) is 28.8 Å². The monoisotopic (exact) mass is 354 g/mol. The number of hydrogen-bond acceptors (Lipinski definition) is 4. The molecule has 7 heteroatoms. The van der Waals surface area contributed by atoms with Gasteiger partial charge in [-0.2, -0.15) is 4.31 Å². The second kappa shape index (κ2) is 7.53. The molecule has 1 aromatic rings. The van der Waals surface area contributed by atoms with Gasteiger partial charge in [-0.05, 0) is 38.0 Å². The molecule has 24 heavy (non-hydrogen) atoms. The molecule has 0 spiro atoms. The molecule has 1 aliphatic heterocycles. The summed E-state index contributed by atoms with van der Waals surface area (Å²) in [6.07, 6.45) is 0.274. The maximum Gasteiger partial charge on any atom is 0.227 e. The highest BCUT2D eigenvalue weighted by Gasteiger charge is 2.28. The molecule has 0 atom stereocenters. The molecule has 134 valence electrons. The summed E-state index contributed by atoms with van der Waals surface area (Å²) in [7, 11) is -1.57. The van der Waals surface area contributed by atoms with Gasteiger partial charge in [-0.3, -0.25) is 4.79 Å². The van der Waals surface area contributed by atoms with Gasteiger partial charge in [-0.15, -0.1) is 0 Å². The fraction of sp³-hybridized carbons (Fsp3) is 0.588. The predicted octanol–water partition coefficient (Wildman–Crippen LogP) is 1.35. The fourth-order valence-corrected chi connectivity index (χ4v) is 4.11. The standard InChI is InChI=1S/C17H26N2O4S/c1-5-24(21,22)19-8-6-18(7-9-19)17(20)12-15-14(3)10-13(2)11-16(15)23-4/h10-11H,5-9,12H2,1-4H3. The summed E-state index contributed by atoms with van der Waals surface area (Å²) in [6.45, 7) is 7.21. The van der Waals surface area contributed by atoms with Crippen molar-refractivity contribution >= 4 is 15.9 Å². The van der Waals surface area contributed by atoms with Crippen molar-refractivity contribution in [1.82, 2.24) is 9.21 Å². The van der Waals surface area contributed by atoms with Crippen molar-refractivity contribution in [2.75, 3.05) is 39.0 Å². The maximum absolute atomic E-state index is 12.6. The number of aryl methyl sites for hydroxylation is 2. The highest BCUT2D eigenvalue weighted by Crippen LogP contribution is 2.25. The van der Waals surface area contributed by atoms with Gasteiger partial charge in [0.2, 0.25) is 15.9 Å². The molecular formula is C17H26N2O4S. The molecule has 0 bridgehead atoms. The Hall–Kier alpha value is -1.60. The smallest absolute Gasteiger partial charge is 0.227 e. The van der Waals surface area contributed by atoms with Gasteiger partial charge in [-0.1, -0.05) is 6.07 Å². The van der Waals surface area contributed by atoms with E-state index in [4.69, 9.17) is 4.74 Å². The van der Waals surface area contributed by atoms with E-state index in [9.17, 15) is 13.2 Å². The van der Waals surface area contributed by atoms with Gasteiger partial charge in [-0.25, -0.2) is 8.42 Å². The number of piperazine rings is 1. The number of hydrogen-bond donors (Lipinski definition) is 0. The van der Waals surface area contributed by atoms with E-state index in [1.165, 1.54) is 4.31 Å². The molecule has 0 N–H and O–H groups in total. The van der Waals surface area contributed by atoms with E-state index in [2.05, 4.69) is 0 Å². The van der Waals surface area contributed by atoms with Crippen LogP contribution in [0.3, 0.4) is 0 Å².